The first kappa shape index (κ1) is 32.2. The summed E-state index contributed by atoms with van der Waals surface area (Å²) in [5, 5.41) is 0. The van der Waals surface area contributed by atoms with E-state index in [1.807, 2.05) is 45.2 Å². The van der Waals surface area contributed by atoms with E-state index >= 15 is 0 Å². The van der Waals surface area contributed by atoms with Crippen LogP contribution in [0.25, 0.3) is 11.3 Å². The minimum Gasteiger partial charge on any atom is -0.398 e. The molecule has 1 aromatic heterocycles. The van der Waals surface area contributed by atoms with Gasteiger partial charge in [0.25, 0.3) is 0 Å². The normalized spacial score (nSPS) is 15.8. The maximum absolute atomic E-state index is 11.3. The molecule has 216 valence electrons. The predicted octanol–water partition coefficient (Wildman–Crippen LogP) is 5.55. The van der Waals surface area contributed by atoms with Crippen LogP contribution in [0.2, 0.25) is 0 Å². The van der Waals surface area contributed by atoms with Crippen LogP contribution in [0.1, 0.15) is 96.4 Å². The first-order valence-corrected chi connectivity index (χ1v) is 14.7. The summed E-state index contributed by atoms with van der Waals surface area (Å²) in [6.07, 6.45) is 15.7. The molecule has 1 saturated heterocycles. The standard InChI is InChI=1S/C20H28N4O.C9H16N2O.C2H6/c1-3-17(25)8-6-4-5-7-9-20-23-14-19(24-20)15-10-11-18(21)16(12-15)13-22-2;10-8(12)7-11-5-3-9(1-2-9)4-6-11;1-2/h10-14H,3-9,21H2,1-2H3,(H,23,24);1-7H2,(H2,10,12);1-2H3. The zero-order chi connectivity index (χ0) is 28.7. The Labute approximate surface area is 235 Å². The maximum Gasteiger partial charge on any atom is 0.231 e. The molecule has 2 heterocycles. The Kier molecular flexibility index (Phi) is 13.9. The third-order valence-corrected chi connectivity index (χ3v) is 7.56. The van der Waals surface area contributed by atoms with Crippen molar-refractivity contribution in [1.29, 1.82) is 0 Å². The van der Waals surface area contributed by atoms with Crippen LogP contribution in [-0.4, -0.2) is 59.5 Å². The molecule has 1 aliphatic carbocycles. The maximum atomic E-state index is 11.3. The Bertz CT molecular complexity index is 1050. The highest BCUT2D eigenvalue weighted by molar-refractivity contribution is 5.89. The van der Waals surface area contributed by atoms with E-state index < -0.39 is 0 Å². The average Bonchev–Trinajstić information content (AvgIpc) is 3.53. The SMILES string of the molecule is CC.CCC(=O)CCCCCCc1ncc(-c2ccc(N)c(C=NC)c2)[nH]1.NC(=O)CN1CCC2(CC1)CC2. The number of piperidine rings is 1. The third-order valence-electron chi connectivity index (χ3n) is 7.56. The number of carbonyl (C=O) groups is 2. The number of hydrogen-bond donors (Lipinski definition) is 3. The van der Waals surface area contributed by atoms with E-state index in [-0.39, 0.29) is 5.91 Å². The molecule has 2 aromatic rings. The number of hydrogen-bond acceptors (Lipinski definition) is 6. The lowest BCUT2D eigenvalue weighted by molar-refractivity contribution is -0.120. The molecular weight excluding hydrogens is 488 g/mol. The summed E-state index contributed by atoms with van der Waals surface area (Å²) in [6, 6.07) is 5.90. The molecule has 0 unspecified atom stereocenters. The number of aliphatic imine (C=N–C) groups is 1. The average molecular weight is 539 g/mol. The highest BCUT2D eigenvalue weighted by Crippen LogP contribution is 2.53. The molecular formula is C31H50N6O2. The zero-order valence-electron chi connectivity index (χ0n) is 24.6. The monoisotopic (exact) mass is 538 g/mol. The lowest BCUT2D eigenvalue weighted by Gasteiger charge is -2.30. The van der Waals surface area contributed by atoms with Crippen LogP contribution in [0.3, 0.4) is 0 Å². The largest absolute Gasteiger partial charge is 0.398 e. The number of nitrogens with zero attached hydrogens (tertiary/aromatic N) is 3. The highest BCUT2D eigenvalue weighted by Gasteiger charge is 2.44. The van der Waals surface area contributed by atoms with Crippen molar-refractivity contribution in [2.24, 2.45) is 16.1 Å². The van der Waals surface area contributed by atoms with E-state index in [0.29, 0.717) is 24.2 Å². The summed E-state index contributed by atoms with van der Waals surface area (Å²) >= 11 is 0. The van der Waals surface area contributed by atoms with Gasteiger partial charge in [0.05, 0.1) is 18.4 Å². The summed E-state index contributed by atoms with van der Waals surface area (Å²) in [5.74, 6) is 1.18. The van der Waals surface area contributed by atoms with Crippen LogP contribution < -0.4 is 11.5 Å². The molecule has 0 radical (unpaired) electrons. The Balaban J connectivity index is 0.000000315. The van der Waals surface area contributed by atoms with E-state index in [4.69, 9.17) is 11.5 Å². The number of primary amides is 1. The van der Waals surface area contributed by atoms with Gasteiger partial charge in [-0.2, -0.15) is 0 Å². The van der Waals surface area contributed by atoms with Gasteiger partial charge in [-0.15, -0.1) is 0 Å². The summed E-state index contributed by atoms with van der Waals surface area (Å²) < 4.78 is 0. The number of imidazole rings is 1. The summed E-state index contributed by atoms with van der Waals surface area (Å²) in [7, 11) is 1.73. The molecule has 1 spiro atoms. The van der Waals surface area contributed by atoms with Crippen molar-refractivity contribution in [2.45, 2.75) is 91.4 Å². The highest BCUT2D eigenvalue weighted by atomic mass is 16.1. The van der Waals surface area contributed by atoms with Crippen molar-refractivity contribution in [1.82, 2.24) is 14.9 Å². The molecule has 2 fully saturated rings. The smallest absolute Gasteiger partial charge is 0.231 e. The lowest BCUT2D eigenvalue weighted by Crippen LogP contribution is -2.40. The van der Waals surface area contributed by atoms with Crippen LogP contribution >= 0.6 is 0 Å². The number of H-pyrrole nitrogens is 1. The van der Waals surface area contributed by atoms with E-state index in [1.165, 1.54) is 25.7 Å². The number of nitrogen functional groups attached to an aromatic ring is 1. The number of aromatic nitrogens is 2. The summed E-state index contributed by atoms with van der Waals surface area (Å²) in [6.45, 7) is 8.53. The first-order valence-electron chi connectivity index (χ1n) is 14.7. The molecule has 5 N–H and O–H groups in total. The van der Waals surface area contributed by atoms with Crippen LogP contribution in [0.5, 0.6) is 0 Å². The molecule has 0 atom stereocenters. The molecule has 0 bridgehead atoms. The van der Waals surface area contributed by atoms with Crippen molar-refractivity contribution in [3.05, 3.63) is 35.8 Å². The number of unbranched alkanes of at least 4 members (excludes halogenated alkanes) is 3. The van der Waals surface area contributed by atoms with Crippen LogP contribution in [0.15, 0.2) is 29.4 Å². The fourth-order valence-corrected chi connectivity index (χ4v) is 4.86. The predicted molar refractivity (Wildman–Crippen MR) is 162 cm³/mol. The number of aryl methyl sites for hydroxylation is 1. The number of anilines is 1. The Morgan fingerprint density at radius 3 is 2.41 bits per heavy atom. The topological polar surface area (TPSA) is 130 Å². The van der Waals surface area contributed by atoms with Crippen molar-refractivity contribution in [3.8, 4) is 11.3 Å². The molecule has 39 heavy (non-hydrogen) atoms. The molecule has 1 saturated carbocycles. The Morgan fingerprint density at radius 2 is 1.79 bits per heavy atom. The molecule has 8 heteroatoms. The quantitative estimate of drug-likeness (QED) is 0.185. The lowest BCUT2D eigenvalue weighted by atomic mass is 9.94. The number of amides is 1. The fourth-order valence-electron chi connectivity index (χ4n) is 4.86. The second-order valence-corrected chi connectivity index (χ2v) is 10.5. The molecule has 1 aromatic carbocycles. The number of ketones is 1. The van der Waals surface area contributed by atoms with Crippen LogP contribution in [-0.2, 0) is 16.0 Å². The van der Waals surface area contributed by atoms with E-state index in [1.54, 1.807) is 13.3 Å². The molecule has 2 aliphatic rings. The second kappa shape index (κ2) is 16.9. The van der Waals surface area contributed by atoms with Crippen molar-refractivity contribution < 1.29 is 9.59 Å². The first-order chi connectivity index (χ1) is 18.8. The summed E-state index contributed by atoms with van der Waals surface area (Å²) in [5.41, 5.74) is 15.5. The number of nitrogens with one attached hydrogen (secondary N) is 1. The second-order valence-electron chi connectivity index (χ2n) is 10.5. The van der Waals surface area contributed by atoms with Crippen molar-refractivity contribution in [2.75, 3.05) is 32.4 Å². The van der Waals surface area contributed by atoms with Gasteiger partial charge in [-0.05, 0) is 69.2 Å². The molecule has 8 nitrogen and oxygen atoms in total. The molecule has 1 amide bonds. The number of benzene rings is 1. The van der Waals surface area contributed by atoms with E-state index in [9.17, 15) is 9.59 Å². The van der Waals surface area contributed by atoms with Gasteiger partial charge < -0.3 is 16.5 Å². The van der Waals surface area contributed by atoms with Gasteiger partial charge in [0, 0.05) is 49.3 Å². The van der Waals surface area contributed by atoms with Gasteiger partial charge in [-0.1, -0.05) is 39.7 Å². The van der Waals surface area contributed by atoms with Crippen molar-refractivity contribution in [3.63, 3.8) is 0 Å². The Morgan fingerprint density at radius 1 is 1.10 bits per heavy atom. The molecule has 1 aliphatic heterocycles. The van der Waals surface area contributed by atoms with Crippen LogP contribution in [0.4, 0.5) is 5.69 Å². The zero-order valence-corrected chi connectivity index (χ0v) is 24.6. The number of likely N-dealkylation sites (tertiary alicyclic amines) is 1. The van der Waals surface area contributed by atoms with Gasteiger partial charge >= 0.3 is 0 Å². The van der Waals surface area contributed by atoms with Gasteiger partial charge in [0.15, 0.2) is 0 Å². The van der Waals surface area contributed by atoms with E-state index in [2.05, 4.69) is 19.9 Å². The number of nitrogens with two attached hydrogens (primary N) is 2. The fraction of sp³-hybridized carbons (Fsp3) is 0.613. The molecule has 4 rings (SSSR count). The minimum atomic E-state index is -0.193. The van der Waals surface area contributed by atoms with Gasteiger partial charge in [-0.25, -0.2) is 4.98 Å². The Hall–Kier alpha value is -3.00. The number of rotatable bonds is 12. The number of aromatic amines is 1. The van der Waals surface area contributed by atoms with E-state index in [0.717, 1.165) is 79.9 Å². The van der Waals surface area contributed by atoms with Gasteiger partial charge in [0.2, 0.25) is 5.91 Å². The van der Waals surface area contributed by atoms with Crippen molar-refractivity contribution >= 4 is 23.6 Å². The number of Topliss-reactive ketones (excluding diaryl/α,β-unsaturated/α-hetero) is 1. The third kappa shape index (κ3) is 11.3. The number of carbonyl (C=O) groups excluding carboxylic acids is 2. The minimum absolute atomic E-state index is 0.193. The van der Waals surface area contributed by atoms with Crippen LogP contribution in [0, 0.1) is 5.41 Å². The van der Waals surface area contributed by atoms with Gasteiger partial charge in [0.1, 0.15) is 11.6 Å². The summed E-state index contributed by atoms with van der Waals surface area (Å²) in [4.78, 5) is 36.0. The van der Waals surface area contributed by atoms with Gasteiger partial charge in [-0.3, -0.25) is 19.5 Å².